The highest BCUT2D eigenvalue weighted by molar-refractivity contribution is 7.45. The molecule has 3 aromatic rings. The molecule has 13 nitrogen and oxygen atoms in total. The number of aromatic nitrogens is 5. The quantitative estimate of drug-likeness (QED) is 0.354. The van der Waals surface area contributed by atoms with Gasteiger partial charge >= 0.3 is 13.9 Å². The van der Waals surface area contributed by atoms with Gasteiger partial charge in [-0.3, -0.25) is 9.88 Å². The van der Waals surface area contributed by atoms with E-state index in [0.717, 1.165) is 0 Å². The number of hydrogen-bond acceptors (Lipinski definition) is 8. The van der Waals surface area contributed by atoms with Gasteiger partial charge in [-0.1, -0.05) is 13.0 Å². The lowest BCUT2D eigenvalue weighted by Gasteiger charge is -2.16. The van der Waals surface area contributed by atoms with Gasteiger partial charge in [-0.25, -0.2) is 13.8 Å². The van der Waals surface area contributed by atoms with Gasteiger partial charge in [0.05, 0.1) is 24.9 Å². The fourth-order valence-corrected chi connectivity index (χ4v) is 3.23. The van der Waals surface area contributed by atoms with Gasteiger partial charge in [0.15, 0.2) is 0 Å². The molecule has 188 valence electrons. The van der Waals surface area contributed by atoms with Crippen LogP contribution in [0.5, 0.6) is 0 Å². The number of carbonyl (C=O) groups is 1. The van der Waals surface area contributed by atoms with Crippen LogP contribution in [-0.2, 0) is 15.8 Å². The van der Waals surface area contributed by atoms with E-state index in [2.05, 4.69) is 20.4 Å². The molecule has 2 atom stereocenters. The molecule has 1 aliphatic heterocycles. The largest absolute Gasteiger partial charge is 0.466 e. The number of aliphatic hydroxyl groups excluding tert-OH is 1. The van der Waals surface area contributed by atoms with Gasteiger partial charge in [0, 0.05) is 17.3 Å². The molecule has 1 unspecified atom stereocenters. The van der Waals surface area contributed by atoms with Crippen LogP contribution in [0, 0.1) is 5.82 Å². The third kappa shape index (κ3) is 6.87. The molecular formula is C20H24FN6O7P. The van der Waals surface area contributed by atoms with Crippen molar-refractivity contribution in [1.29, 1.82) is 0 Å². The van der Waals surface area contributed by atoms with Gasteiger partial charge in [0.25, 0.3) is 0 Å². The molecule has 2 aromatic heterocycles. The second-order valence-electron chi connectivity index (χ2n) is 7.42. The fraction of sp³-hybridized carbons (Fsp3) is 0.350. The number of hydrogen-bond donors (Lipinski definition) is 4. The summed E-state index contributed by atoms with van der Waals surface area (Å²) in [5.41, 5.74) is 1.84. The molecule has 0 spiro atoms. The Balaban J connectivity index is 0.000000623. The van der Waals surface area contributed by atoms with Crippen LogP contribution >= 0.6 is 7.82 Å². The summed E-state index contributed by atoms with van der Waals surface area (Å²) in [6, 6.07) is 7.94. The number of aryl methyl sites for hydroxylation is 1. The topological polar surface area (TPSA) is 184 Å². The van der Waals surface area contributed by atoms with Crippen molar-refractivity contribution in [2.45, 2.75) is 39.0 Å². The van der Waals surface area contributed by atoms with E-state index < -0.39 is 31.9 Å². The minimum atomic E-state index is -4.64. The van der Waals surface area contributed by atoms with E-state index in [1.807, 2.05) is 6.92 Å². The van der Waals surface area contributed by atoms with Crippen molar-refractivity contribution in [2.75, 3.05) is 11.4 Å². The van der Waals surface area contributed by atoms with Crippen molar-refractivity contribution in [3.63, 3.8) is 0 Å². The lowest BCUT2D eigenvalue weighted by molar-refractivity contribution is 0.0308. The molecule has 4 N–H and O–H groups in total. The monoisotopic (exact) mass is 510 g/mol. The maximum absolute atomic E-state index is 14.8. The fourth-order valence-electron chi connectivity index (χ4n) is 3.23. The Morgan fingerprint density at radius 1 is 1.23 bits per heavy atom. The average molecular weight is 510 g/mol. The number of carbonyl (C=O) groups excluding carboxylic acids is 1. The van der Waals surface area contributed by atoms with Crippen molar-refractivity contribution in [3.05, 3.63) is 42.3 Å². The number of tetrazole rings is 1. The molecule has 1 aromatic carbocycles. The van der Waals surface area contributed by atoms with Gasteiger partial charge in [0.2, 0.25) is 5.82 Å². The van der Waals surface area contributed by atoms with Crippen molar-refractivity contribution in [3.8, 4) is 22.6 Å². The second kappa shape index (κ2) is 11.0. The summed E-state index contributed by atoms with van der Waals surface area (Å²) in [6.07, 6.45) is 0.0325. The standard InChI is InChI=1S/C20H21FN6O3.H3O4P/c1-3-17(28)18-11-26(20(29)30-18)13-6-7-14(15(21)9-13)12-5-8-16(22-10-12)19-23-25-27(4-2)24-19;1-5(2,3)4/h5-10,17-18,28H,3-4,11H2,1-2H3;(H3,1,2,3,4)/t17?,18-;/m0./s1. The molecule has 1 amide bonds. The van der Waals surface area contributed by atoms with Crippen molar-refractivity contribution >= 4 is 19.6 Å². The van der Waals surface area contributed by atoms with Crippen LogP contribution in [0.1, 0.15) is 20.3 Å². The number of halogens is 1. The molecular weight excluding hydrogens is 486 g/mol. The molecule has 3 heterocycles. The summed E-state index contributed by atoms with van der Waals surface area (Å²) < 4.78 is 28.9. The number of aliphatic hydroxyl groups is 1. The number of ether oxygens (including phenoxy) is 1. The Morgan fingerprint density at radius 3 is 2.49 bits per heavy atom. The van der Waals surface area contributed by atoms with Crippen molar-refractivity contribution < 1.29 is 38.3 Å². The number of anilines is 1. The van der Waals surface area contributed by atoms with Gasteiger partial charge < -0.3 is 24.5 Å². The second-order valence-corrected chi connectivity index (χ2v) is 8.45. The lowest BCUT2D eigenvalue weighted by atomic mass is 10.1. The first-order valence-corrected chi connectivity index (χ1v) is 12.0. The first kappa shape index (κ1) is 26.3. The number of pyridine rings is 1. The molecule has 0 bridgehead atoms. The van der Waals surface area contributed by atoms with Gasteiger partial charge in [-0.2, -0.15) is 4.80 Å². The predicted octanol–water partition coefficient (Wildman–Crippen LogP) is 1.73. The molecule has 0 radical (unpaired) electrons. The number of nitrogens with zero attached hydrogens (tertiary/aromatic N) is 6. The lowest BCUT2D eigenvalue weighted by Crippen LogP contribution is -2.30. The summed E-state index contributed by atoms with van der Waals surface area (Å²) in [5.74, 6) is -0.0972. The summed E-state index contributed by atoms with van der Waals surface area (Å²) in [6.45, 7) is 4.49. The third-order valence-corrected chi connectivity index (χ3v) is 4.99. The van der Waals surface area contributed by atoms with E-state index in [4.69, 9.17) is 24.0 Å². The zero-order valence-electron chi connectivity index (χ0n) is 18.8. The molecule has 1 fully saturated rings. The molecule has 1 aliphatic rings. The van der Waals surface area contributed by atoms with E-state index in [-0.39, 0.29) is 6.54 Å². The van der Waals surface area contributed by atoms with Crippen LogP contribution in [-0.4, -0.2) is 69.8 Å². The van der Waals surface area contributed by atoms with E-state index >= 15 is 0 Å². The Bertz CT molecular complexity index is 1210. The highest BCUT2D eigenvalue weighted by Gasteiger charge is 2.36. The summed E-state index contributed by atoms with van der Waals surface area (Å²) in [7, 11) is -4.64. The Hall–Kier alpha value is -3.29. The van der Waals surface area contributed by atoms with Gasteiger partial charge in [-0.05, 0) is 42.8 Å². The van der Waals surface area contributed by atoms with Gasteiger partial charge in [0.1, 0.15) is 17.6 Å². The maximum atomic E-state index is 14.8. The van der Waals surface area contributed by atoms with Crippen molar-refractivity contribution in [1.82, 2.24) is 25.2 Å². The number of phosphoric acid groups is 1. The molecule has 4 rings (SSSR count). The van der Waals surface area contributed by atoms with Crippen LogP contribution in [0.15, 0.2) is 36.5 Å². The van der Waals surface area contributed by atoms with Gasteiger partial charge in [-0.15, -0.1) is 10.2 Å². The van der Waals surface area contributed by atoms with E-state index in [1.54, 1.807) is 31.2 Å². The number of rotatable bonds is 6. The van der Waals surface area contributed by atoms with Crippen LogP contribution in [0.25, 0.3) is 22.6 Å². The zero-order chi connectivity index (χ0) is 25.8. The average Bonchev–Trinajstić information content (AvgIpc) is 3.44. The summed E-state index contributed by atoms with van der Waals surface area (Å²) in [5, 5.41) is 21.9. The number of amides is 1. The van der Waals surface area contributed by atoms with Crippen LogP contribution in [0.3, 0.4) is 0 Å². The maximum Gasteiger partial charge on any atom is 0.466 e. The molecule has 0 aliphatic carbocycles. The normalized spacial score (nSPS) is 16.5. The molecule has 15 heteroatoms. The molecule has 0 saturated carbocycles. The van der Waals surface area contributed by atoms with E-state index in [1.165, 1.54) is 22.0 Å². The smallest absolute Gasteiger partial charge is 0.441 e. The zero-order valence-corrected chi connectivity index (χ0v) is 19.7. The Morgan fingerprint density at radius 2 is 1.94 bits per heavy atom. The first-order chi connectivity index (χ1) is 16.5. The number of benzene rings is 1. The summed E-state index contributed by atoms with van der Waals surface area (Å²) >= 11 is 0. The third-order valence-electron chi connectivity index (χ3n) is 4.99. The highest BCUT2D eigenvalue weighted by Crippen LogP contribution is 2.30. The Labute approximate surface area is 199 Å². The Kier molecular flexibility index (Phi) is 8.25. The molecule has 1 saturated heterocycles. The van der Waals surface area contributed by atoms with Crippen molar-refractivity contribution in [2.24, 2.45) is 0 Å². The van der Waals surface area contributed by atoms with E-state index in [9.17, 15) is 14.3 Å². The minimum absolute atomic E-state index is 0.175. The number of cyclic esters (lactones) is 1. The predicted molar refractivity (Wildman–Crippen MR) is 120 cm³/mol. The summed E-state index contributed by atoms with van der Waals surface area (Å²) in [4.78, 5) is 40.8. The van der Waals surface area contributed by atoms with Crippen LogP contribution < -0.4 is 4.90 Å². The molecule has 35 heavy (non-hydrogen) atoms. The van der Waals surface area contributed by atoms with Crippen LogP contribution in [0.4, 0.5) is 14.9 Å². The SMILES string of the molecule is CCC(O)[C@@H]1CN(c2ccc(-c3ccc(-c4nnn(CC)n4)nc3)c(F)c2)C(=O)O1.O=P(O)(O)O. The highest BCUT2D eigenvalue weighted by atomic mass is 31.2. The minimum Gasteiger partial charge on any atom is -0.441 e. The van der Waals surface area contributed by atoms with E-state index in [0.29, 0.717) is 41.3 Å². The first-order valence-electron chi connectivity index (χ1n) is 10.5. The van der Waals surface area contributed by atoms with Crippen LogP contribution in [0.2, 0.25) is 0 Å².